The molecule has 0 aromatic carbocycles. The van der Waals surface area contributed by atoms with Gasteiger partial charge < -0.3 is 0 Å². The Balaban J connectivity index is 2.03. The average molecular weight is 178 g/mol. The fourth-order valence-electron chi connectivity index (χ4n) is 5.38. The van der Waals surface area contributed by atoms with E-state index in [9.17, 15) is 0 Å². The topological polar surface area (TPSA) is 0 Å². The first-order chi connectivity index (χ1) is 6.06. The van der Waals surface area contributed by atoms with E-state index in [0.29, 0.717) is 0 Å². The van der Waals surface area contributed by atoms with Crippen LogP contribution < -0.4 is 0 Å². The quantitative estimate of drug-likeness (QED) is 0.532. The molecule has 7 unspecified atom stereocenters. The smallest absolute Gasteiger partial charge is 0.0238 e. The van der Waals surface area contributed by atoms with Crippen molar-refractivity contribution in [1.82, 2.24) is 0 Å². The van der Waals surface area contributed by atoms with Crippen LogP contribution in [-0.4, -0.2) is 0 Å². The second-order valence-corrected chi connectivity index (χ2v) is 6.34. The Morgan fingerprint density at radius 3 is 2.46 bits per heavy atom. The molecule has 13 heavy (non-hydrogen) atoms. The summed E-state index contributed by atoms with van der Waals surface area (Å²) >= 11 is 0. The van der Waals surface area contributed by atoms with Crippen molar-refractivity contribution in [3.63, 3.8) is 0 Å². The SMILES string of the molecule is CC1C2CC3C(C)C(C)(C(C)C2)C13. The predicted molar refractivity (Wildman–Crippen MR) is 55.3 cm³/mol. The molecule has 0 amide bonds. The fraction of sp³-hybridized carbons (Fsp3) is 1.00. The van der Waals surface area contributed by atoms with E-state index in [-0.39, 0.29) is 0 Å². The van der Waals surface area contributed by atoms with Crippen molar-refractivity contribution in [2.24, 2.45) is 40.9 Å². The summed E-state index contributed by atoms with van der Waals surface area (Å²) in [5.74, 6) is 6.34. The van der Waals surface area contributed by atoms with Crippen LogP contribution in [0.15, 0.2) is 0 Å². The van der Waals surface area contributed by atoms with Gasteiger partial charge in [-0.2, -0.15) is 0 Å². The standard InChI is InChI=1S/C13H22/c1-7-5-10-6-11-9(3)13(7,4)12(11)8(10)2/h7-12H,5-6H2,1-4H3. The van der Waals surface area contributed by atoms with Gasteiger partial charge in [0.15, 0.2) is 0 Å². The molecule has 3 aliphatic rings. The van der Waals surface area contributed by atoms with Crippen LogP contribution in [0.1, 0.15) is 40.5 Å². The van der Waals surface area contributed by atoms with Gasteiger partial charge in [-0.25, -0.2) is 0 Å². The van der Waals surface area contributed by atoms with E-state index in [1.165, 1.54) is 6.42 Å². The third-order valence-corrected chi connectivity index (χ3v) is 6.41. The maximum Gasteiger partial charge on any atom is -0.0238 e. The first kappa shape index (κ1) is 8.32. The molecule has 74 valence electrons. The molecule has 0 heterocycles. The number of rotatable bonds is 0. The highest BCUT2D eigenvalue weighted by Gasteiger charge is 2.67. The van der Waals surface area contributed by atoms with E-state index in [1.54, 1.807) is 6.42 Å². The highest BCUT2D eigenvalue weighted by Crippen LogP contribution is 2.73. The van der Waals surface area contributed by atoms with Crippen molar-refractivity contribution in [1.29, 1.82) is 0 Å². The van der Waals surface area contributed by atoms with Gasteiger partial charge in [0.2, 0.25) is 0 Å². The van der Waals surface area contributed by atoms with Crippen LogP contribution in [-0.2, 0) is 0 Å². The van der Waals surface area contributed by atoms with E-state index < -0.39 is 0 Å². The largest absolute Gasteiger partial charge is 0.0620 e. The van der Waals surface area contributed by atoms with Gasteiger partial charge in [0, 0.05) is 0 Å². The molecule has 3 rings (SSSR count). The molecule has 3 saturated carbocycles. The van der Waals surface area contributed by atoms with Gasteiger partial charge in [-0.05, 0) is 53.8 Å². The number of hydrogen-bond donors (Lipinski definition) is 0. The van der Waals surface area contributed by atoms with Gasteiger partial charge >= 0.3 is 0 Å². The third-order valence-electron chi connectivity index (χ3n) is 6.41. The molecule has 0 radical (unpaired) electrons. The van der Waals surface area contributed by atoms with E-state index in [0.717, 1.165) is 40.9 Å². The molecule has 0 aliphatic heterocycles. The number of fused-ring (bicyclic) bond motifs is 1. The van der Waals surface area contributed by atoms with Crippen molar-refractivity contribution in [2.75, 3.05) is 0 Å². The van der Waals surface area contributed by atoms with Crippen molar-refractivity contribution < 1.29 is 0 Å². The highest BCUT2D eigenvalue weighted by atomic mass is 14.7. The van der Waals surface area contributed by atoms with Crippen molar-refractivity contribution in [3.8, 4) is 0 Å². The summed E-state index contributed by atoms with van der Waals surface area (Å²) in [7, 11) is 0. The lowest BCUT2D eigenvalue weighted by Gasteiger charge is -2.62. The van der Waals surface area contributed by atoms with Crippen LogP contribution in [0.2, 0.25) is 0 Å². The maximum absolute atomic E-state index is 2.57. The number of hydrogen-bond acceptors (Lipinski definition) is 0. The molecule has 0 nitrogen and oxygen atoms in total. The molecule has 3 fully saturated rings. The van der Waals surface area contributed by atoms with Crippen molar-refractivity contribution >= 4 is 0 Å². The van der Waals surface area contributed by atoms with Crippen LogP contribution in [0.25, 0.3) is 0 Å². The summed E-state index contributed by atoms with van der Waals surface area (Å²) in [5, 5.41) is 0. The normalized spacial score (nSPS) is 69.2. The molecule has 2 bridgehead atoms. The summed E-state index contributed by atoms with van der Waals surface area (Å²) in [5.41, 5.74) is 0.719. The average Bonchev–Trinajstić information content (AvgIpc) is 2.27. The molecule has 7 atom stereocenters. The molecule has 3 aliphatic carbocycles. The Morgan fingerprint density at radius 2 is 1.77 bits per heavy atom. The zero-order chi connectivity index (χ0) is 9.38. The molecule has 0 spiro atoms. The first-order valence-corrected chi connectivity index (χ1v) is 6.06. The Bertz CT molecular complexity index is 238. The molecule has 0 N–H and O–H groups in total. The highest BCUT2D eigenvalue weighted by molar-refractivity contribution is 5.15. The summed E-state index contributed by atoms with van der Waals surface area (Å²) in [6.07, 6.45) is 3.09. The lowest BCUT2D eigenvalue weighted by molar-refractivity contribution is -0.149. The third kappa shape index (κ3) is 0.680. The van der Waals surface area contributed by atoms with Crippen molar-refractivity contribution in [3.05, 3.63) is 0 Å². The monoisotopic (exact) mass is 178 g/mol. The molecular weight excluding hydrogens is 156 g/mol. The molecule has 0 saturated heterocycles. The lowest BCUT2D eigenvalue weighted by Crippen LogP contribution is -2.57. The van der Waals surface area contributed by atoms with E-state index >= 15 is 0 Å². The first-order valence-electron chi connectivity index (χ1n) is 6.06. The second kappa shape index (κ2) is 2.15. The minimum absolute atomic E-state index is 0.719. The fourth-order valence-corrected chi connectivity index (χ4v) is 5.38. The van der Waals surface area contributed by atoms with Gasteiger partial charge in [-0.3, -0.25) is 0 Å². The lowest BCUT2D eigenvalue weighted by atomic mass is 9.42. The van der Waals surface area contributed by atoms with Gasteiger partial charge in [0.25, 0.3) is 0 Å². The van der Waals surface area contributed by atoms with Crippen LogP contribution in [0.5, 0.6) is 0 Å². The van der Waals surface area contributed by atoms with E-state index in [2.05, 4.69) is 27.7 Å². The Kier molecular flexibility index (Phi) is 1.37. The molecule has 0 aromatic rings. The van der Waals surface area contributed by atoms with Gasteiger partial charge in [0.1, 0.15) is 0 Å². The zero-order valence-corrected chi connectivity index (χ0v) is 9.38. The van der Waals surface area contributed by atoms with Gasteiger partial charge in [-0.15, -0.1) is 0 Å². The minimum atomic E-state index is 0.719. The van der Waals surface area contributed by atoms with Crippen LogP contribution in [0.3, 0.4) is 0 Å². The minimum Gasteiger partial charge on any atom is -0.0620 e. The van der Waals surface area contributed by atoms with Crippen molar-refractivity contribution in [2.45, 2.75) is 40.5 Å². The van der Waals surface area contributed by atoms with Gasteiger partial charge in [0.05, 0.1) is 0 Å². The maximum atomic E-state index is 2.57. The molecule has 0 heteroatoms. The Hall–Kier alpha value is 0. The van der Waals surface area contributed by atoms with Gasteiger partial charge in [-0.1, -0.05) is 27.7 Å². The molecular formula is C13H22. The summed E-state index contributed by atoms with van der Waals surface area (Å²) in [6, 6.07) is 0. The summed E-state index contributed by atoms with van der Waals surface area (Å²) < 4.78 is 0. The summed E-state index contributed by atoms with van der Waals surface area (Å²) in [6.45, 7) is 10.1. The van der Waals surface area contributed by atoms with E-state index in [1.807, 2.05) is 0 Å². The Morgan fingerprint density at radius 1 is 1.08 bits per heavy atom. The molecule has 0 aromatic heterocycles. The predicted octanol–water partition coefficient (Wildman–Crippen LogP) is 3.57. The Labute approximate surface area is 82.1 Å². The zero-order valence-electron chi connectivity index (χ0n) is 9.38. The van der Waals surface area contributed by atoms with Crippen LogP contribution in [0, 0.1) is 40.9 Å². The van der Waals surface area contributed by atoms with E-state index in [4.69, 9.17) is 0 Å². The van der Waals surface area contributed by atoms with Crippen LogP contribution >= 0.6 is 0 Å². The second-order valence-electron chi connectivity index (χ2n) is 6.34. The van der Waals surface area contributed by atoms with Crippen LogP contribution in [0.4, 0.5) is 0 Å². The summed E-state index contributed by atoms with van der Waals surface area (Å²) in [4.78, 5) is 0.